The van der Waals surface area contributed by atoms with E-state index in [4.69, 9.17) is 4.74 Å². The number of hydrogen-bond donors (Lipinski definition) is 2. The summed E-state index contributed by atoms with van der Waals surface area (Å²) in [7, 11) is 1.90. The van der Waals surface area contributed by atoms with Crippen molar-refractivity contribution in [1.29, 1.82) is 0 Å². The number of carbonyl (C=O) groups excluding carboxylic acids is 1. The summed E-state index contributed by atoms with van der Waals surface area (Å²) in [6.07, 6.45) is -1.94. The summed E-state index contributed by atoms with van der Waals surface area (Å²) in [5, 5.41) is 2.25. The zero-order valence-electron chi connectivity index (χ0n) is 25.2. The monoisotopic (exact) mass is 635 g/mol. The predicted octanol–water partition coefficient (Wildman–Crippen LogP) is 4.38. The number of ether oxygens (including phenoxy) is 1. The highest BCUT2D eigenvalue weighted by Crippen LogP contribution is 2.39. The fraction of sp³-hybridized carbons (Fsp3) is 0.467. The van der Waals surface area contributed by atoms with Gasteiger partial charge in [-0.3, -0.25) is 9.59 Å². The molecule has 0 radical (unpaired) electrons. The number of H-pyrrole nitrogens is 1. The Labute approximate surface area is 256 Å². The second-order valence-corrected chi connectivity index (χ2v) is 11.7. The SMILES string of the molecule is CC(C)[C@H]1CN(c2ncc(-c3c(F)cc(N4CCN(C)C(C)C4)c(NC(=O)c4c[nH]c(=O)cc4C(F)(F)F)c3F)cn2)CCO1. The number of aromatic nitrogens is 3. The van der Waals surface area contributed by atoms with Crippen LogP contribution >= 0.6 is 0 Å². The van der Waals surface area contributed by atoms with Gasteiger partial charge in [-0.15, -0.1) is 0 Å². The summed E-state index contributed by atoms with van der Waals surface area (Å²) in [4.78, 5) is 41.2. The van der Waals surface area contributed by atoms with Gasteiger partial charge in [0.05, 0.1) is 35.1 Å². The van der Waals surface area contributed by atoms with E-state index in [1.807, 2.05) is 37.6 Å². The van der Waals surface area contributed by atoms with Crippen LogP contribution in [0, 0.1) is 17.6 Å². The Morgan fingerprint density at radius 2 is 1.80 bits per heavy atom. The molecule has 0 aliphatic carbocycles. The number of likely N-dealkylation sites (N-methyl/N-ethyl adjacent to an activating group) is 1. The molecule has 2 aromatic heterocycles. The van der Waals surface area contributed by atoms with E-state index < -0.39 is 51.7 Å². The van der Waals surface area contributed by atoms with Crippen molar-refractivity contribution in [2.45, 2.75) is 39.1 Å². The van der Waals surface area contributed by atoms with Gasteiger partial charge in [-0.1, -0.05) is 13.8 Å². The molecule has 1 amide bonds. The maximum Gasteiger partial charge on any atom is 0.417 e. The first-order valence-electron chi connectivity index (χ1n) is 14.5. The van der Waals surface area contributed by atoms with Crippen molar-refractivity contribution < 1.29 is 31.5 Å². The van der Waals surface area contributed by atoms with Crippen LogP contribution in [-0.2, 0) is 10.9 Å². The second-order valence-electron chi connectivity index (χ2n) is 11.7. The van der Waals surface area contributed by atoms with Crippen LogP contribution in [0.4, 0.5) is 39.3 Å². The van der Waals surface area contributed by atoms with E-state index in [-0.39, 0.29) is 35.4 Å². The maximum absolute atomic E-state index is 16.4. The molecule has 0 bridgehead atoms. The first kappa shape index (κ1) is 32.3. The third kappa shape index (κ3) is 6.78. The van der Waals surface area contributed by atoms with Crippen LogP contribution in [0.1, 0.15) is 36.7 Å². The zero-order chi connectivity index (χ0) is 32.6. The van der Waals surface area contributed by atoms with Crippen LogP contribution in [0.3, 0.4) is 0 Å². The average molecular weight is 636 g/mol. The van der Waals surface area contributed by atoms with Crippen LogP contribution < -0.4 is 20.7 Å². The van der Waals surface area contributed by atoms with Crippen molar-refractivity contribution in [1.82, 2.24) is 19.9 Å². The highest BCUT2D eigenvalue weighted by molar-refractivity contribution is 6.07. The fourth-order valence-corrected chi connectivity index (χ4v) is 5.46. The van der Waals surface area contributed by atoms with E-state index in [1.54, 1.807) is 4.90 Å². The van der Waals surface area contributed by atoms with Crippen molar-refractivity contribution in [2.75, 3.05) is 61.5 Å². The molecule has 1 aromatic carbocycles. The molecule has 15 heteroatoms. The minimum absolute atomic E-state index is 0.0273. The number of anilines is 3. The molecule has 242 valence electrons. The number of nitrogens with one attached hydrogen (secondary N) is 2. The van der Waals surface area contributed by atoms with E-state index in [2.05, 4.69) is 20.3 Å². The molecule has 0 spiro atoms. The van der Waals surface area contributed by atoms with Gasteiger partial charge < -0.3 is 29.7 Å². The van der Waals surface area contributed by atoms with Gasteiger partial charge in [-0.25, -0.2) is 18.7 Å². The predicted molar refractivity (Wildman–Crippen MR) is 158 cm³/mol. The van der Waals surface area contributed by atoms with E-state index in [9.17, 15) is 22.8 Å². The number of morpholine rings is 1. The topological polar surface area (TPSA) is 107 Å². The summed E-state index contributed by atoms with van der Waals surface area (Å²) in [5.41, 5.74) is -4.62. The van der Waals surface area contributed by atoms with Crippen molar-refractivity contribution in [3.63, 3.8) is 0 Å². The Kier molecular flexibility index (Phi) is 9.12. The van der Waals surface area contributed by atoms with Crippen molar-refractivity contribution in [3.05, 3.63) is 63.8 Å². The smallest absolute Gasteiger partial charge is 0.374 e. The molecular weight excluding hydrogens is 601 g/mol. The third-order valence-corrected chi connectivity index (χ3v) is 8.26. The molecule has 2 atom stereocenters. The van der Waals surface area contributed by atoms with E-state index in [0.717, 1.165) is 6.07 Å². The van der Waals surface area contributed by atoms with Gasteiger partial charge in [0.1, 0.15) is 11.5 Å². The Morgan fingerprint density at radius 3 is 2.44 bits per heavy atom. The summed E-state index contributed by atoms with van der Waals surface area (Å²) in [5.74, 6) is -2.89. The molecule has 1 unspecified atom stereocenters. The third-order valence-electron chi connectivity index (χ3n) is 8.26. The number of alkyl halides is 3. The van der Waals surface area contributed by atoms with Gasteiger partial charge >= 0.3 is 6.18 Å². The van der Waals surface area contributed by atoms with Gasteiger partial charge in [0.15, 0.2) is 5.82 Å². The lowest BCUT2D eigenvalue weighted by atomic mass is 10.0. The summed E-state index contributed by atoms with van der Waals surface area (Å²) in [6, 6.07) is 1.27. The van der Waals surface area contributed by atoms with Gasteiger partial charge in [-0.05, 0) is 19.9 Å². The molecule has 2 aliphatic rings. The fourth-order valence-electron chi connectivity index (χ4n) is 5.46. The number of rotatable bonds is 6. The summed E-state index contributed by atoms with van der Waals surface area (Å²) in [6.45, 7) is 8.73. The number of nitrogens with zero attached hydrogens (tertiary/aromatic N) is 5. The molecule has 2 saturated heterocycles. The minimum atomic E-state index is -5.04. The number of carbonyl (C=O) groups is 1. The Hall–Kier alpha value is -4.11. The van der Waals surface area contributed by atoms with Gasteiger partial charge in [0.25, 0.3) is 5.91 Å². The Bertz CT molecular complexity index is 1610. The number of hydrogen-bond acceptors (Lipinski definition) is 8. The lowest BCUT2D eigenvalue weighted by molar-refractivity contribution is -0.138. The van der Waals surface area contributed by atoms with Gasteiger partial charge in [0, 0.05) is 75.1 Å². The normalized spacial score (nSPS) is 19.7. The molecule has 45 heavy (non-hydrogen) atoms. The quantitative estimate of drug-likeness (QED) is 0.385. The Morgan fingerprint density at radius 1 is 1.09 bits per heavy atom. The number of piperazine rings is 1. The second kappa shape index (κ2) is 12.7. The van der Waals surface area contributed by atoms with E-state index in [1.165, 1.54) is 12.4 Å². The lowest BCUT2D eigenvalue weighted by Gasteiger charge is -2.39. The maximum atomic E-state index is 16.4. The van der Waals surface area contributed by atoms with Crippen molar-refractivity contribution in [3.8, 4) is 11.1 Å². The van der Waals surface area contributed by atoms with Crippen LogP contribution in [0.2, 0.25) is 0 Å². The first-order chi connectivity index (χ1) is 21.2. The van der Waals surface area contributed by atoms with Gasteiger partial charge in [-0.2, -0.15) is 13.2 Å². The van der Waals surface area contributed by atoms with E-state index in [0.29, 0.717) is 51.5 Å². The number of aromatic amines is 1. The van der Waals surface area contributed by atoms with Crippen LogP contribution in [0.15, 0.2) is 35.5 Å². The number of benzene rings is 1. The number of pyridine rings is 1. The van der Waals surface area contributed by atoms with Crippen LogP contribution in [0.5, 0.6) is 0 Å². The molecule has 2 N–H and O–H groups in total. The van der Waals surface area contributed by atoms with Crippen LogP contribution in [-0.4, -0.2) is 84.3 Å². The van der Waals surface area contributed by atoms with E-state index >= 15 is 8.78 Å². The molecule has 4 heterocycles. The molecular formula is C30H34F5N7O3. The molecule has 2 fully saturated rings. The summed E-state index contributed by atoms with van der Waals surface area (Å²) < 4.78 is 79.2. The first-order valence-corrected chi connectivity index (χ1v) is 14.5. The number of halogens is 5. The lowest BCUT2D eigenvalue weighted by Crippen LogP contribution is -2.50. The Balaban J connectivity index is 1.55. The molecule has 0 saturated carbocycles. The molecule has 3 aromatic rings. The van der Waals surface area contributed by atoms with Crippen molar-refractivity contribution >= 4 is 23.2 Å². The van der Waals surface area contributed by atoms with Gasteiger partial charge in [0.2, 0.25) is 11.5 Å². The van der Waals surface area contributed by atoms with Crippen molar-refractivity contribution in [2.24, 2.45) is 5.92 Å². The molecule has 10 nitrogen and oxygen atoms in total. The largest absolute Gasteiger partial charge is 0.417 e. The average Bonchev–Trinajstić information content (AvgIpc) is 2.99. The summed E-state index contributed by atoms with van der Waals surface area (Å²) >= 11 is 0. The van der Waals surface area contributed by atoms with Crippen LogP contribution in [0.25, 0.3) is 11.1 Å². The minimum Gasteiger partial charge on any atom is -0.374 e. The number of amides is 1. The zero-order valence-corrected chi connectivity index (χ0v) is 25.2. The molecule has 5 rings (SSSR count). The molecule has 2 aliphatic heterocycles. The standard InChI is InChI=1S/C30H34F5N7O3/c1-16(2)23-15-42(7-8-45-23)29-37-11-18(12-38-29)25-21(31)10-22(41-6-5-40(4)17(3)14-41)27(26(25)32)39-28(44)19-13-36-24(43)9-20(19)30(33,34)35/h9-13,16-17,23H,5-8,14-15H2,1-4H3,(H,36,43)(H,39,44)/t17?,23-/m1/s1. The highest BCUT2D eigenvalue weighted by atomic mass is 19.4. The highest BCUT2D eigenvalue weighted by Gasteiger charge is 2.37.